The lowest BCUT2D eigenvalue weighted by molar-refractivity contribution is -0.119. The second kappa shape index (κ2) is 9.85. The third kappa shape index (κ3) is 5.58. The summed E-state index contributed by atoms with van der Waals surface area (Å²) < 4.78 is 28.6. The third-order valence-electron chi connectivity index (χ3n) is 5.09. The van der Waals surface area contributed by atoms with E-state index in [4.69, 9.17) is 0 Å². The molecule has 2 N–H and O–H groups in total. The molecule has 4 rings (SSSR count). The zero-order valence-corrected chi connectivity index (χ0v) is 19.7. The van der Waals surface area contributed by atoms with Crippen LogP contribution in [0.4, 0.5) is 11.6 Å². The fourth-order valence-electron chi connectivity index (χ4n) is 3.22. The molecule has 0 unspecified atom stereocenters. The van der Waals surface area contributed by atoms with E-state index in [2.05, 4.69) is 25.1 Å². The van der Waals surface area contributed by atoms with Gasteiger partial charge in [0.15, 0.2) is 0 Å². The molecule has 35 heavy (non-hydrogen) atoms. The average Bonchev–Trinajstić information content (AvgIpc) is 2.84. The molecule has 0 aliphatic carbocycles. The quantitative estimate of drug-likeness (QED) is 0.406. The molecule has 1 amide bonds. The standard InChI is InChI=1S/C24H22N6O4S/c1-16-14-15-25-24(26-16)29-35(33,34)20-10-8-19(9-11-20)27-23(32)17(2)30-22(31)13-12-21(28-30)18-6-4-3-5-7-18/h3-15,17H,1-2H3,(H,27,32)(H,25,26,29)/t17-/m1/s1. The van der Waals surface area contributed by atoms with Crippen molar-refractivity contribution in [3.8, 4) is 11.3 Å². The van der Waals surface area contributed by atoms with Gasteiger partial charge in [0.25, 0.3) is 15.6 Å². The molecule has 0 aliphatic rings. The summed E-state index contributed by atoms with van der Waals surface area (Å²) in [7, 11) is -3.91. The topological polar surface area (TPSA) is 136 Å². The van der Waals surface area contributed by atoms with Crippen molar-refractivity contribution < 1.29 is 13.2 Å². The van der Waals surface area contributed by atoms with Gasteiger partial charge < -0.3 is 5.32 Å². The number of nitrogens with one attached hydrogen (secondary N) is 2. The molecule has 0 radical (unpaired) electrons. The molecule has 11 heteroatoms. The van der Waals surface area contributed by atoms with Gasteiger partial charge in [0.05, 0.1) is 10.6 Å². The van der Waals surface area contributed by atoms with Crippen molar-refractivity contribution in [2.75, 3.05) is 10.0 Å². The lowest BCUT2D eigenvalue weighted by atomic mass is 10.1. The number of benzene rings is 2. The van der Waals surface area contributed by atoms with E-state index in [0.717, 1.165) is 10.2 Å². The molecule has 2 heterocycles. The maximum atomic E-state index is 12.8. The van der Waals surface area contributed by atoms with Crippen LogP contribution in [0, 0.1) is 6.92 Å². The van der Waals surface area contributed by atoms with Gasteiger partial charge in [-0.15, -0.1) is 0 Å². The number of aryl methyl sites for hydroxylation is 1. The molecule has 0 bridgehead atoms. The number of anilines is 2. The van der Waals surface area contributed by atoms with Crippen molar-refractivity contribution in [2.45, 2.75) is 24.8 Å². The van der Waals surface area contributed by atoms with Crippen LogP contribution in [-0.2, 0) is 14.8 Å². The molecule has 0 saturated carbocycles. The highest BCUT2D eigenvalue weighted by atomic mass is 32.2. The Hall–Kier alpha value is -4.38. The Morgan fingerprint density at radius 3 is 2.37 bits per heavy atom. The van der Waals surface area contributed by atoms with Gasteiger partial charge in [0.1, 0.15) is 6.04 Å². The first-order valence-electron chi connectivity index (χ1n) is 10.6. The number of hydrogen-bond acceptors (Lipinski definition) is 7. The molecule has 4 aromatic rings. The Morgan fingerprint density at radius 2 is 1.69 bits per heavy atom. The van der Waals surface area contributed by atoms with Crippen LogP contribution in [-0.4, -0.2) is 34.1 Å². The van der Waals surface area contributed by atoms with E-state index in [1.54, 1.807) is 26.0 Å². The number of rotatable bonds is 7. The van der Waals surface area contributed by atoms with Crippen molar-refractivity contribution in [1.29, 1.82) is 0 Å². The maximum absolute atomic E-state index is 12.8. The Bertz CT molecular complexity index is 1520. The summed E-state index contributed by atoms with van der Waals surface area (Å²) in [5, 5.41) is 7.03. The van der Waals surface area contributed by atoms with Gasteiger partial charge in [0.2, 0.25) is 11.9 Å². The fourth-order valence-corrected chi connectivity index (χ4v) is 4.17. The number of carbonyl (C=O) groups excluding carboxylic acids is 1. The van der Waals surface area contributed by atoms with Gasteiger partial charge in [-0.1, -0.05) is 30.3 Å². The molecule has 1 atom stereocenters. The summed E-state index contributed by atoms with van der Waals surface area (Å²) in [5.41, 5.74) is 1.94. The van der Waals surface area contributed by atoms with Crippen molar-refractivity contribution in [1.82, 2.24) is 19.7 Å². The van der Waals surface area contributed by atoms with Crippen molar-refractivity contribution >= 4 is 27.6 Å². The molecule has 178 valence electrons. The van der Waals surface area contributed by atoms with Crippen LogP contribution in [0.25, 0.3) is 11.3 Å². The predicted molar refractivity (Wildman–Crippen MR) is 131 cm³/mol. The van der Waals surface area contributed by atoms with Crippen LogP contribution >= 0.6 is 0 Å². The molecule has 0 aliphatic heterocycles. The Kier molecular flexibility index (Phi) is 6.69. The molecule has 0 saturated heterocycles. The lowest BCUT2D eigenvalue weighted by Crippen LogP contribution is -2.33. The van der Waals surface area contributed by atoms with Crippen LogP contribution in [0.1, 0.15) is 18.7 Å². The SMILES string of the molecule is Cc1ccnc(NS(=O)(=O)c2ccc(NC(=O)[C@@H](C)n3nc(-c4ccccc4)ccc3=O)cc2)n1. The Balaban J connectivity index is 1.48. The first-order valence-corrected chi connectivity index (χ1v) is 12.1. The van der Waals surface area contributed by atoms with E-state index >= 15 is 0 Å². The summed E-state index contributed by atoms with van der Waals surface area (Å²) in [6.07, 6.45) is 1.45. The summed E-state index contributed by atoms with van der Waals surface area (Å²) in [4.78, 5) is 33.1. The van der Waals surface area contributed by atoms with Crippen LogP contribution < -0.4 is 15.6 Å². The molecule has 10 nitrogen and oxygen atoms in total. The smallest absolute Gasteiger partial charge is 0.267 e. The van der Waals surface area contributed by atoms with Gasteiger partial charge in [-0.3, -0.25) is 9.59 Å². The second-order valence-electron chi connectivity index (χ2n) is 7.68. The van der Waals surface area contributed by atoms with E-state index in [0.29, 0.717) is 17.1 Å². The van der Waals surface area contributed by atoms with Crippen molar-refractivity contribution in [3.63, 3.8) is 0 Å². The summed E-state index contributed by atoms with van der Waals surface area (Å²) in [6.45, 7) is 3.28. The summed E-state index contributed by atoms with van der Waals surface area (Å²) in [6, 6.07) is 18.6. The molecule has 2 aromatic heterocycles. The highest BCUT2D eigenvalue weighted by Crippen LogP contribution is 2.19. The highest BCUT2D eigenvalue weighted by molar-refractivity contribution is 7.92. The van der Waals surface area contributed by atoms with Gasteiger partial charge >= 0.3 is 0 Å². The van der Waals surface area contributed by atoms with Crippen LogP contribution in [0.2, 0.25) is 0 Å². The van der Waals surface area contributed by atoms with E-state index < -0.39 is 27.5 Å². The lowest BCUT2D eigenvalue weighted by Gasteiger charge is -2.15. The van der Waals surface area contributed by atoms with E-state index in [-0.39, 0.29) is 10.8 Å². The van der Waals surface area contributed by atoms with Gasteiger partial charge in [-0.25, -0.2) is 27.8 Å². The average molecular weight is 491 g/mol. The fraction of sp³-hybridized carbons (Fsp3) is 0.125. The largest absolute Gasteiger partial charge is 0.324 e. The minimum atomic E-state index is -3.91. The van der Waals surface area contributed by atoms with Crippen molar-refractivity contribution in [3.05, 3.63) is 95.0 Å². The number of sulfonamides is 1. The highest BCUT2D eigenvalue weighted by Gasteiger charge is 2.20. The first-order chi connectivity index (χ1) is 16.7. The molecular weight excluding hydrogens is 468 g/mol. The first kappa shape index (κ1) is 23.8. The van der Waals surface area contributed by atoms with Gasteiger partial charge in [0, 0.05) is 29.2 Å². The second-order valence-corrected chi connectivity index (χ2v) is 9.37. The molecular formula is C24H22N6O4S. The maximum Gasteiger partial charge on any atom is 0.267 e. The Morgan fingerprint density at radius 1 is 0.971 bits per heavy atom. The zero-order chi connectivity index (χ0) is 25.0. The predicted octanol–water partition coefficient (Wildman–Crippen LogP) is 3.01. The number of aromatic nitrogens is 4. The van der Waals surface area contributed by atoms with E-state index in [1.165, 1.54) is 36.5 Å². The minimum absolute atomic E-state index is 0.0258. The third-order valence-corrected chi connectivity index (χ3v) is 6.44. The number of nitrogens with zero attached hydrogens (tertiary/aromatic N) is 4. The van der Waals surface area contributed by atoms with Crippen LogP contribution in [0.15, 0.2) is 88.7 Å². The van der Waals surface area contributed by atoms with E-state index in [9.17, 15) is 18.0 Å². The van der Waals surface area contributed by atoms with Crippen molar-refractivity contribution in [2.24, 2.45) is 0 Å². The monoisotopic (exact) mass is 490 g/mol. The normalized spacial score (nSPS) is 12.1. The molecule has 2 aromatic carbocycles. The number of amides is 1. The molecule has 0 fully saturated rings. The van der Waals surface area contributed by atoms with Crippen LogP contribution in [0.5, 0.6) is 0 Å². The summed E-state index contributed by atoms with van der Waals surface area (Å²) in [5.74, 6) is -0.515. The van der Waals surface area contributed by atoms with Gasteiger partial charge in [-0.05, 0) is 50.2 Å². The number of hydrogen-bond donors (Lipinski definition) is 2. The van der Waals surface area contributed by atoms with Crippen LogP contribution in [0.3, 0.4) is 0 Å². The van der Waals surface area contributed by atoms with Gasteiger partial charge in [-0.2, -0.15) is 5.10 Å². The molecule has 0 spiro atoms. The number of carbonyl (C=O) groups is 1. The van der Waals surface area contributed by atoms with E-state index in [1.807, 2.05) is 30.3 Å². The minimum Gasteiger partial charge on any atom is -0.324 e. The zero-order valence-electron chi connectivity index (χ0n) is 18.9. The Labute approximate surface area is 201 Å². The summed E-state index contributed by atoms with van der Waals surface area (Å²) >= 11 is 0.